The van der Waals surface area contributed by atoms with E-state index in [1.54, 1.807) is 48.7 Å². The van der Waals surface area contributed by atoms with E-state index in [-0.39, 0.29) is 5.82 Å². The molecule has 0 unspecified atom stereocenters. The van der Waals surface area contributed by atoms with E-state index in [0.717, 1.165) is 11.3 Å². The molecule has 5 aromatic rings. The van der Waals surface area contributed by atoms with Gasteiger partial charge in [-0.2, -0.15) is 0 Å². The zero-order chi connectivity index (χ0) is 22.2. The Morgan fingerprint density at radius 3 is 2.38 bits per heavy atom. The summed E-state index contributed by atoms with van der Waals surface area (Å²) < 4.78 is 15.2. The van der Waals surface area contributed by atoms with Gasteiger partial charge in [0.15, 0.2) is 11.5 Å². The quantitative estimate of drug-likeness (QED) is 0.383. The Morgan fingerprint density at radius 1 is 0.938 bits per heavy atom. The molecular weight excluding hydrogens is 429 g/mol. The highest BCUT2D eigenvalue weighted by Crippen LogP contribution is 2.31. The number of imidazole rings is 1. The first-order valence-electron chi connectivity index (χ1n) is 9.68. The number of anilines is 1. The molecule has 0 saturated heterocycles. The van der Waals surface area contributed by atoms with E-state index in [0.29, 0.717) is 39.6 Å². The van der Waals surface area contributed by atoms with E-state index in [1.807, 2.05) is 22.8 Å². The van der Waals surface area contributed by atoms with Gasteiger partial charge in [0, 0.05) is 23.0 Å². The third kappa shape index (κ3) is 3.48. The number of hydrogen-bond donors (Lipinski definition) is 1. The smallest absolute Gasteiger partial charge is 0.252 e. The summed E-state index contributed by atoms with van der Waals surface area (Å²) in [5.74, 6) is 0.567. The van der Waals surface area contributed by atoms with E-state index in [4.69, 9.17) is 27.3 Å². The SMILES string of the molecule is Nc1ncccc1-c1nc2ccc(-c3ccc(F)cc3)nc2n1-c1ccc(C(=O)Cl)cc1. The highest BCUT2D eigenvalue weighted by Gasteiger charge is 2.19. The number of fused-ring (bicyclic) bond motifs is 1. The molecule has 0 amide bonds. The van der Waals surface area contributed by atoms with Crippen molar-refractivity contribution in [3.05, 3.63) is 90.4 Å². The number of rotatable bonds is 4. The van der Waals surface area contributed by atoms with Crippen LogP contribution in [0.1, 0.15) is 10.4 Å². The van der Waals surface area contributed by atoms with Crippen molar-refractivity contribution in [2.24, 2.45) is 0 Å². The van der Waals surface area contributed by atoms with Crippen LogP contribution in [0.2, 0.25) is 0 Å². The van der Waals surface area contributed by atoms with Crippen molar-refractivity contribution < 1.29 is 9.18 Å². The van der Waals surface area contributed by atoms with Crippen molar-refractivity contribution in [1.29, 1.82) is 0 Å². The van der Waals surface area contributed by atoms with Gasteiger partial charge in [0.1, 0.15) is 17.2 Å². The van der Waals surface area contributed by atoms with Gasteiger partial charge < -0.3 is 5.73 Å². The van der Waals surface area contributed by atoms with Crippen molar-refractivity contribution in [2.75, 3.05) is 5.73 Å². The number of benzene rings is 2. The Morgan fingerprint density at radius 2 is 1.69 bits per heavy atom. The van der Waals surface area contributed by atoms with Crippen LogP contribution in [0.4, 0.5) is 10.2 Å². The number of carbonyl (C=O) groups is 1. The molecule has 0 bridgehead atoms. The summed E-state index contributed by atoms with van der Waals surface area (Å²) in [6.07, 6.45) is 1.61. The molecule has 0 saturated carbocycles. The standard InChI is InChI=1S/C24H15ClFN5O/c25-21(32)15-5-9-17(10-6-15)31-23(18-2-1-13-28-22(18)27)30-20-12-11-19(29-24(20)31)14-3-7-16(26)8-4-14/h1-13H,(H2,27,28). The Labute approximate surface area is 187 Å². The van der Waals surface area contributed by atoms with Crippen LogP contribution < -0.4 is 5.73 Å². The Hall–Kier alpha value is -4.10. The number of aromatic nitrogens is 4. The van der Waals surface area contributed by atoms with Gasteiger partial charge in [-0.3, -0.25) is 9.36 Å². The molecule has 0 fully saturated rings. The zero-order valence-electron chi connectivity index (χ0n) is 16.5. The van der Waals surface area contributed by atoms with Crippen molar-refractivity contribution in [3.8, 4) is 28.3 Å². The molecule has 8 heteroatoms. The maximum atomic E-state index is 13.4. The molecule has 0 aliphatic heterocycles. The summed E-state index contributed by atoms with van der Waals surface area (Å²) in [6.45, 7) is 0. The molecule has 32 heavy (non-hydrogen) atoms. The Kier molecular flexibility index (Phi) is 4.88. The lowest BCUT2D eigenvalue weighted by Crippen LogP contribution is -2.02. The normalized spacial score (nSPS) is 11.1. The highest BCUT2D eigenvalue weighted by molar-refractivity contribution is 6.67. The predicted molar refractivity (Wildman–Crippen MR) is 122 cm³/mol. The average Bonchev–Trinajstić information content (AvgIpc) is 3.18. The summed E-state index contributed by atoms with van der Waals surface area (Å²) in [5.41, 5.74) is 10.5. The minimum absolute atomic E-state index is 0.317. The van der Waals surface area contributed by atoms with Crippen molar-refractivity contribution >= 4 is 33.8 Å². The number of nitrogen functional groups attached to an aromatic ring is 1. The number of pyridine rings is 2. The predicted octanol–water partition coefficient (Wildman–Crippen LogP) is 5.25. The van der Waals surface area contributed by atoms with Crippen LogP contribution in [-0.4, -0.2) is 24.8 Å². The van der Waals surface area contributed by atoms with Crippen LogP contribution in [0.15, 0.2) is 79.0 Å². The Balaban J connectivity index is 1.77. The van der Waals surface area contributed by atoms with Gasteiger partial charge in [0.05, 0.1) is 11.3 Å². The molecule has 156 valence electrons. The molecule has 0 aliphatic carbocycles. The lowest BCUT2D eigenvalue weighted by atomic mass is 10.1. The van der Waals surface area contributed by atoms with Gasteiger partial charge in [-0.1, -0.05) is 0 Å². The largest absolute Gasteiger partial charge is 0.383 e. The fourth-order valence-corrected chi connectivity index (χ4v) is 3.64. The summed E-state index contributed by atoms with van der Waals surface area (Å²) >= 11 is 5.60. The van der Waals surface area contributed by atoms with Crippen LogP contribution in [0.3, 0.4) is 0 Å². The number of nitrogens with zero attached hydrogens (tertiary/aromatic N) is 4. The van der Waals surface area contributed by atoms with Crippen LogP contribution in [0.25, 0.3) is 39.5 Å². The monoisotopic (exact) mass is 443 g/mol. The number of hydrogen-bond acceptors (Lipinski definition) is 5. The first kappa shape index (κ1) is 19.8. The van der Waals surface area contributed by atoms with Gasteiger partial charge in [0.25, 0.3) is 5.24 Å². The summed E-state index contributed by atoms with van der Waals surface area (Å²) in [5, 5.41) is -0.541. The van der Waals surface area contributed by atoms with Crippen molar-refractivity contribution in [2.45, 2.75) is 0 Å². The highest BCUT2D eigenvalue weighted by atomic mass is 35.5. The molecule has 5 rings (SSSR count). The average molecular weight is 444 g/mol. The lowest BCUT2D eigenvalue weighted by Gasteiger charge is -2.11. The molecule has 0 atom stereocenters. The van der Waals surface area contributed by atoms with Crippen molar-refractivity contribution in [1.82, 2.24) is 19.5 Å². The molecular formula is C24H15ClFN5O. The number of carbonyl (C=O) groups excluding carboxylic acids is 1. The molecule has 0 aliphatic rings. The summed E-state index contributed by atoms with van der Waals surface area (Å²) in [7, 11) is 0. The lowest BCUT2D eigenvalue weighted by molar-refractivity contribution is 0.108. The van der Waals surface area contributed by atoms with Crippen LogP contribution >= 0.6 is 11.6 Å². The molecule has 0 radical (unpaired) electrons. The van der Waals surface area contributed by atoms with E-state index in [1.165, 1.54) is 12.1 Å². The van der Waals surface area contributed by atoms with E-state index in [2.05, 4.69) is 4.98 Å². The molecule has 3 heterocycles. The van der Waals surface area contributed by atoms with Gasteiger partial charge in [0.2, 0.25) is 0 Å². The molecule has 3 aromatic heterocycles. The molecule has 6 nitrogen and oxygen atoms in total. The fourth-order valence-electron chi connectivity index (χ4n) is 3.51. The number of halogens is 2. The number of nitrogens with two attached hydrogens (primary N) is 1. The van der Waals surface area contributed by atoms with Gasteiger partial charge in [-0.05, 0) is 84.4 Å². The second-order valence-electron chi connectivity index (χ2n) is 7.07. The van der Waals surface area contributed by atoms with Gasteiger partial charge in [-0.15, -0.1) is 0 Å². The van der Waals surface area contributed by atoms with Crippen LogP contribution in [-0.2, 0) is 0 Å². The second-order valence-corrected chi connectivity index (χ2v) is 7.42. The first-order valence-corrected chi connectivity index (χ1v) is 10.1. The van der Waals surface area contributed by atoms with Crippen LogP contribution in [0.5, 0.6) is 0 Å². The van der Waals surface area contributed by atoms with Crippen molar-refractivity contribution in [3.63, 3.8) is 0 Å². The van der Waals surface area contributed by atoms with E-state index >= 15 is 0 Å². The fraction of sp³-hybridized carbons (Fsp3) is 0. The molecule has 0 spiro atoms. The maximum absolute atomic E-state index is 13.4. The van der Waals surface area contributed by atoms with E-state index < -0.39 is 5.24 Å². The molecule has 2 aromatic carbocycles. The first-order chi connectivity index (χ1) is 15.5. The Bertz CT molecular complexity index is 1460. The second kappa shape index (κ2) is 7.86. The van der Waals surface area contributed by atoms with E-state index in [9.17, 15) is 9.18 Å². The third-order valence-corrected chi connectivity index (χ3v) is 5.29. The van der Waals surface area contributed by atoms with Gasteiger partial charge >= 0.3 is 0 Å². The summed E-state index contributed by atoms with van der Waals surface area (Å²) in [4.78, 5) is 25.2. The minimum atomic E-state index is -0.541. The topological polar surface area (TPSA) is 86.7 Å². The maximum Gasteiger partial charge on any atom is 0.252 e. The molecule has 2 N–H and O–H groups in total. The van der Waals surface area contributed by atoms with Crippen LogP contribution in [0, 0.1) is 5.82 Å². The minimum Gasteiger partial charge on any atom is -0.383 e. The zero-order valence-corrected chi connectivity index (χ0v) is 17.3. The third-order valence-electron chi connectivity index (χ3n) is 5.08. The summed E-state index contributed by atoms with van der Waals surface area (Å²) in [6, 6.07) is 20.2. The van der Waals surface area contributed by atoms with Gasteiger partial charge in [-0.25, -0.2) is 19.3 Å².